The second-order valence-electron chi connectivity index (χ2n) is 7.76. The van der Waals surface area contributed by atoms with Gasteiger partial charge >= 0.3 is 0 Å². The third-order valence-corrected chi connectivity index (χ3v) is 5.74. The molecule has 0 amide bonds. The molecule has 0 aromatic heterocycles. The Morgan fingerprint density at radius 1 is 1.39 bits per heavy atom. The molecule has 6 N–H and O–H groups in total. The molecule has 1 aromatic rings. The molecule has 1 aliphatic carbocycles. The smallest absolute Gasteiger partial charge is 0.140 e. The van der Waals surface area contributed by atoms with Crippen LogP contribution in [0, 0.1) is 11.3 Å². The molecule has 2 aliphatic rings. The summed E-state index contributed by atoms with van der Waals surface area (Å²) in [6.07, 6.45) is 6.88. The topological polar surface area (TPSA) is 115 Å². The minimum Gasteiger partial charge on any atom is -0.465 e. The van der Waals surface area contributed by atoms with Crippen molar-refractivity contribution in [3.8, 4) is 5.75 Å². The fraction of sp³-hybridized carbons (Fsp3) is 0.500. The second-order valence-corrected chi connectivity index (χ2v) is 8.44. The number of nitrogens with one attached hydrogen (secondary N) is 1. The number of benzene rings is 1. The zero-order valence-electron chi connectivity index (χ0n) is 19.5. The van der Waals surface area contributed by atoms with Crippen LogP contribution in [0.4, 0.5) is 15.8 Å². The van der Waals surface area contributed by atoms with Crippen LogP contribution < -0.4 is 21.3 Å². The Hall–Kier alpha value is -1.63. The molecule has 3 rings (SSSR count). The van der Waals surface area contributed by atoms with Crippen LogP contribution in [0.2, 0.25) is 0 Å². The van der Waals surface area contributed by atoms with Crippen LogP contribution in [-0.4, -0.2) is 65.1 Å². The van der Waals surface area contributed by atoms with Gasteiger partial charge in [0.2, 0.25) is 0 Å². The Morgan fingerprint density at radius 3 is 2.64 bits per heavy atom. The molecule has 1 aliphatic heterocycles. The van der Waals surface area contributed by atoms with Gasteiger partial charge in [0.1, 0.15) is 11.6 Å². The van der Waals surface area contributed by atoms with E-state index in [1.165, 1.54) is 25.2 Å². The summed E-state index contributed by atoms with van der Waals surface area (Å²) in [5.74, 6) is 8.36. The van der Waals surface area contributed by atoms with Crippen molar-refractivity contribution in [2.45, 2.75) is 25.8 Å². The van der Waals surface area contributed by atoms with Crippen molar-refractivity contribution in [2.75, 3.05) is 49.8 Å². The van der Waals surface area contributed by atoms with E-state index in [4.69, 9.17) is 26.3 Å². The molecular weight excluding hydrogens is 511 g/mol. The molecule has 33 heavy (non-hydrogen) atoms. The molecule has 186 valence electrons. The van der Waals surface area contributed by atoms with E-state index in [9.17, 15) is 4.39 Å². The van der Waals surface area contributed by atoms with Gasteiger partial charge in [0.15, 0.2) is 0 Å². The van der Waals surface area contributed by atoms with Gasteiger partial charge in [-0.1, -0.05) is 15.9 Å². The van der Waals surface area contributed by atoms with Crippen LogP contribution in [0.1, 0.15) is 19.8 Å². The maximum atomic E-state index is 12.6. The minimum absolute atomic E-state index is 0.533. The number of nitrogens with two attached hydrogens (primary N) is 2. The predicted octanol–water partition coefficient (Wildman–Crippen LogP) is 4.51. The number of nitrogens with zero attached hydrogens (tertiary/aromatic N) is 3. The Bertz CT molecular complexity index is 781. The van der Waals surface area contributed by atoms with Gasteiger partial charge in [0.05, 0.1) is 36.1 Å². The lowest BCUT2D eigenvalue weighted by atomic mass is 10.2. The molecule has 1 aromatic carbocycles. The fourth-order valence-electron chi connectivity index (χ4n) is 2.93. The summed E-state index contributed by atoms with van der Waals surface area (Å²) in [7, 11) is 2.12. The summed E-state index contributed by atoms with van der Waals surface area (Å²) in [6.45, 7) is 5.94. The quantitative estimate of drug-likeness (QED) is 0.0433. The van der Waals surface area contributed by atoms with Crippen molar-refractivity contribution >= 4 is 45.7 Å². The van der Waals surface area contributed by atoms with Crippen molar-refractivity contribution < 1.29 is 13.7 Å². The molecule has 1 saturated heterocycles. The zero-order valence-corrected chi connectivity index (χ0v) is 21.9. The predicted molar refractivity (Wildman–Crippen MR) is 142 cm³/mol. The Labute approximate surface area is 209 Å². The minimum atomic E-state index is -0.649. The molecule has 0 spiro atoms. The lowest BCUT2D eigenvalue weighted by Crippen LogP contribution is -2.47. The van der Waals surface area contributed by atoms with Gasteiger partial charge < -0.3 is 30.3 Å². The number of ether oxygens (including phenoxy) is 1. The van der Waals surface area contributed by atoms with Crippen LogP contribution in [-0.2, 0) is 0 Å². The van der Waals surface area contributed by atoms with E-state index < -0.39 is 5.83 Å². The number of hydrazine groups is 1. The number of hydrogen-bond acceptors (Lipinski definition) is 9. The number of allylic oxidation sites excluding steroid dienone is 3. The third kappa shape index (κ3) is 11.4. The van der Waals surface area contributed by atoms with Gasteiger partial charge in [-0.15, -0.1) is 0 Å². The highest BCUT2D eigenvalue weighted by Crippen LogP contribution is 2.33. The van der Waals surface area contributed by atoms with Crippen molar-refractivity contribution in [1.82, 2.24) is 9.21 Å². The van der Waals surface area contributed by atoms with E-state index in [0.29, 0.717) is 29.6 Å². The first-order chi connectivity index (χ1) is 15.8. The van der Waals surface area contributed by atoms with Gasteiger partial charge in [0, 0.05) is 38.3 Å². The summed E-state index contributed by atoms with van der Waals surface area (Å²) in [4.78, 5) is 2.30. The molecular formula is C22H36BrFN6O2S. The average Bonchev–Trinajstić information content (AvgIpc) is 3.64. The summed E-state index contributed by atoms with van der Waals surface area (Å²) < 4.78 is 28.6. The Balaban J connectivity index is 0.000000380. The van der Waals surface area contributed by atoms with Gasteiger partial charge in [0.25, 0.3) is 0 Å². The number of hydrogen-bond donors (Lipinski definition) is 4. The van der Waals surface area contributed by atoms with E-state index >= 15 is 0 Å². The lowest BCUT2D eigenvalue weighted by Gasteiger charge is -2.35. The Kier molecular flexibility index (Phi) is 14.3. The van der Waals surface area contributed by atoms with Crippen LogP contribution in [0.5, 0.6) is 5.75 Å². The Morgan fingerprint density at radius 2 is 2.09 bits per heavy atom. The second kappa shape index (κ2) is 16.1. The molecule has 1 atom stereocenters. The van der Waals surface area contributed by atoms with E-state index in [0.717, 1.165) is 50.2 Å². The number of nitrogen functional groups attached to an aromatic ring is 1. The molecule has 2 fully saturated rings. The monoisotopic (exact) mass is 546 g/mol. The SMILES string of the molecule is CBr.CC1CN(SO)CCN1C.N=C/C(F)=C\C=C\Oc1ccc(N(N)CC2CC2)c(N)c1. The molecule has 8 nitrogen and oxygen atoms in total. The van der Waals surface area contributed by atoms with Crippen LogP contribution in [0.15, 0.2) is 42.4 Å². The number of piperazine rings is 1. The number of rotatable bonds is 8. The first-order valence-corrected chi connectivity index (χ1v) is 12.9. The number of alkyl halides is 1. The van der Waals surface area contributed by atoms with Gasteiger partial charge in [-0.05, 0) is 62.8 Å². The number of anilines is 2. The standard InChI is InChI=1S/C15H19FN4O.C6H14N2OS.CH3Br/c16-12(9-17)2-1-7-21-13-5-6-15(14(18)8-13)20(19)10-11-3-4-11;1-6-5-8(10-9)4-3-7(6)2;1-2/h1-2,5-9,11,17H,3-4,10,18-19H2;6,9H,3-5H2,1-2H3;1H3/b7-1+,12-2+,17-9?;;. The lowest BCUT2D eigenvalue weighted by molar-refractivity contribution is 0.163. The molecule has 0 radical (unpaired) electrons. The van der Waals surface area contributed by atoms with E-state index in [-0.39, 0.29) is 0 Å². The highest BCUT2D eigenvalue weighted by Gasteiger charge is 2.24. The van der Waals surface area contributed by atoms with Gasteiger partial charge in [-0.2, -0.15) is 0 Å². The van der Waals surface area contributed by atoms with Crippen LogP contribution in [0.3, 0.4) is 0 Å². The average molecular weight is 548 g/mol. The van der Waals surface area contributed by atoms with Crippen molar-refractivity contribution in [3.05, 3.63) is 42.4 Å². The van der Waals surface area contributed by atoms with Crippen molar-refractivity contribution in [1.29, 1.82) is 5.41 Å². The maximum absolute atomic E-state index is 12.6. The van der Waals surface area contributed by atoms with Crippen molar-refractivity contribution in [3.63, 3.8) is 0 Å². The maximum Gasteiger partial charge on any atom is 0.140 e. The summed E-state index contributed by atoms with van der Waals surface area (Å²) in [6, 6.07) is 5.78. The molecule has 1 heterocycles. The molecule has 0 bridgehead atoms. The van der Waals surface area contributed by atoms with Gasteiger partial charge in [-0.3, -0.25) is 0 Å². The largest absolute Gasteiger partial charge is 0.465 e. The summed E-state index contributed by atoms with van der Waals surface area (Å²) in [5.41, 5.74) is 7.27. The summed E-state index contributed by atoms with van der Waals surface area (Å²) in [5, 5.41) is 8.34. The highest BCUT2D eigenvalue weighted by molar-refractivity contribution is 9.08. The van der Waals surface area contributed by atoms with Crippen molar-refractivity contribution in [2.24, 2.45) is 11.8 Å². The van der Waals surface area contributed by atoms with E-state index in [2.05, 4.69) is 34.8 Å². The molecule has 1 saturated carbocycles. The molecule has 1 unspecified atom stereocenters. The number of likely N-dealkylation sites (N-methyl/N-ethyl adjacent to an activating group) is 1. The molecule has 11 heteroatoms. The zero-order chi connectivity index (χ0) is 24.8. The fourth-order valence-corrected chi connectivity index (χ4v) is 3.38. The number of halogens is 2. The van der Waals surface area contributed by atoms with Gasteiger partial charge in [-0.25, -0.2) is 14.5 Å². The highest BCUT2D eigenvalue weighted by atomic mass is 79.9. The van der Waals surface area contributed by atoms with E-state index in [1.54, 1.807) is 23.2 Å². The summed E-state index contributed by atoms with van der Waals surface area (Å²) >= 11 is 3.80. The first kappa shape index (κ1) is 29.4. The first-order valence-electron chi connectivity index (χ1n) is 10.6. The van der Waals surface area contributed by atoms with E-state index in [1.807, 2.05) is 10.1 Å². The van der Waals surface area contributed by atoms with Crippen LogP contribution in [0.25, 0.3) is 0 Å². The third-order valence-electron chi connectivity index (χ3n) is 5.17. The normalized spacial score (nSPS) is 19.2. The van der Waals surface area contributed by atoms with Crippen LogP contribution >= 0.6 is 28.2 Å².